The molecule has 0 saturated carbocycles. The lowest BCUT2D eigenvalue weighted by molar-refractivity contribution is -0.139. The first kappa shape index (κ1) is 6.51. The van der Waals surface area contributed by atoms with Crippen LogP contribution in [0.15, 0.2) is 0 Å². The molecule has 0 bridgehead atoms. The Labute approximate surface area is 52.5 Å². The molecule has 0 aliphatic carbocycles. The Hall–Kier alpha value is -0.610. The van der Waals surface area contributed by atoms with Gasteiger partial charge in [-0.1, -0.05) is 0 Å². The summed E-state index contributed by atoms with van der Waals surface area (Å²) in [4.78, 5) is 10.1. The van der Waals surface area contributed by atoms with Crippen molar-refractivity contribution in [1.29, 1.82) is 0 Å². The summed E-state index contributed by atoms with van der Waals surface area (Å²) in [6.07, 6.45) is -0.513. The van der Waals surface area contributed by atoms with Gasteiger partial charge in [0.1, 0.15) is 12.1 Å². The van der Waals surface area contributed by atoms with E-state index in [1.54, 1.807) is 0 Å². The molecule has 1 aliphatic heterocycles. The van der Waals surface area contributed by atoms with Gasteiger partial charge in [-0.05, 0) is 0 Å². The third-order valence-electron chi connectivity index (χ3n) is 1.39. The molecule has 0 aromatic carbocycles. The van der Waals surface area contributed by atoms with Crippen LogP contribution in [0.2, 0.25) is 0 Å². The van der Waals surface area contributed by atoms with Crippen molar-refractivity contribution in [2.24, 2.45) is 0 Å². The first-order valence-electron chi connectivity index (χ1n) is 2.82. The number of carboxylic acids is 1. The summed E-state index contributed by atoms with van der Waals surface area (Å²) < 4.78 is 0. The molecule has 1 aliphatic rings. The van der Waals surface area contributed by atoms with Crippen LogP contribution in [0.5, 0.6) is 0 Å². The molecule has 4 heteroatoms. The summed E-state index contributed by atoms with van der Waals surface area (Å²) in [5, 5.41) is 21.4. The Bertz CT molecular complexity index is 125. The first-order valence-corrected chi connectivity index (χ1v) is 2.82. The first-order chi connectivity index (χ1) is 4.20. The van der Waals surface area contributed by atoms with Crippen LogP contribution in [0.1, 0.15) is 6.42 Å². The molecule has 2 atom stereocenters. The largest absolute Gasteiger partial charge is 0.480 e. The highest BCUT2D eigenvalue weighted by Crippen LogP contribution is 2.05. The maximum Gasteiger partial charge on any atom is 0.320 e. The molecule has 0 unspecified atom stereocenters. The van der Waals surface area contributed by atoms with E-state index in [0.29, 0.717) is 0 Å². The quantitative estimate of drug-likeness (QED) is 0.489. The highest BCUT2D eigenvalue weighted by Gasteiger charge is 2.28. The molecule has 1 fully saturated rings. The highest BCUT2D eigenvalue weighted by atomic mass is 16.4. The predicted molar refractivity (Wildman–Crippen MR) is 28.5 cm³/mol. The van der Waals surface area contributed by atoms with Crippen molar-refractivity contribution in [2.45, 2.75) is 18.6 Å². The lowest BCUT2D eigenvalue weighted by Crippen LogP contribution is -2.29. The molecule has 1 rings (SSSR count). The molecule has 9 heavy (non-hydrogen) atoms. The lowest BCUT2D eigenvalue weighted by atomic mass is 10.2. The minimum Gasteiger partial charge on any atom is -0.480 e. The zero-order chi connectivity index (χ0) is 6.85. The maximum atomic E-state index is 10.5. The maximum absolute atomic E-state index is 10.5. The fraction of sp³-hybridized carbons (Fsp3) is 0.800. The van der Waals surface area contributed by atoms with Crippen LogP contribution < -0.4 is 5.32 Å². The molecular weight excluding hydrogens is 122 g/mol. The molecule has 1 heterocycles. The van der Waals surface area contributed by atoms with Gasteiger partial charge in [-0.15, -0.1) is 0 Å². The third kappa shape index (κ3) is 1.40. The smallest absolute Gasteiger partial charge is 0.320 e. The Kier molecular flexibility index (Phi) is 1.68. The Balaban J connectivity index is 2.39. The summed E-state index contributed by atoms with van der Waals surface area (Å²) in [6.45, 7) is 0.289. The number of hydrogen-bond donors (Lipinski definition) is 2. The van der Waals surface area contributed by atoms with Crippen LogP contribution in [0.3, 0.4) is 0 Å². The molecule has 2 N–H and O–H groups in total. The molecule has 0 spiro atoms. The topological polar surface area (TPSA) is 69.2 Å². The van der Waals surface area contributed by atoms with Gasteiger partial charge < -0.3 is 10.4 Å². The number of aliphatic carboxylic acids is 1. The Morgan fingerprint density at radius 2 is 2.33 bits per heavy atom. The van der Waals surface area contributed by atoms with E-state index in [1.165, 1.54) is 0 Å². The number of rotatable bonds is 1. The SMILES string of the molecule is [O][C@H]1CN[C@H](C(=O)O)C1. The third-order valence-corrected chi connectivity index (χ3v) is 1.39. The minimum absolute atomic E-state index is 0.218. The van der Waals surface area contributed by atoms with Crippen molar-refractivity contribution in [2.75, 3.05) is 6.54 Å². The summed E-state index contributed by atoms with van der Waals surface area (Å²) in [6, 6.07) is -0.604. The average Bonchev–Trinajstić information content (AvgIpc) is 2.14. The van der Waals surface area contributed by atoms with Crippen LogP contribution in [0.25, 0.3) is 0 Å². The minimum atomic E-state index is -0.923. The molecule has 0 amide bonds. The lowest BCUT2D eigenvalue weighted by Gasteiger charge is -1.99. The van der Waals surface area contributed by atoms with Crippen molar-refractivity contribution in [3.05, 3.63) is 0 Å². The van der Waals surface area contributed by atoms with Crippen LogP contribution in [0.4, 0.5) is 0 Å². The Morgan fingerprint density at radius 3 is 2.56 bits per heavy atom. The second-order valence-electron chi connectivity index (χ2n) is 2.16. The van der Waals surface area contributed by atoms with E-state index in [0.717, 1.165) is 0 Å². The van der Waals surface area contributed by atoms with E-state index in [2.05, 4.69) is 5.32 Å². The van der Waals surface area contributed by atoms with Crippen LogP contribution in [-0.2, 0) is 9.90 Å². The van der Waals surface area contributed by atoms with Crippen molar-refractivity contribution >= 4 is 5.97 Å². The zero-order valence-electron chi connectivity index (χ0n) is 4.83. The summed E-state index contributed by atoms with van der Waals surface area (Å²) in [7, 11) is 0. The monoisotopic (exact) mass is 130 g/mol. The number of carbonyl (C=O) groups is 1. The fourth-order valence-electron chi connectivity index (χ4n) is 0.891. The average molecular weight is 130 g/mol. The summed E-state index contributed by atoms with van der Waals surface area (Å²) in [5.74, 6) is -0.923. The normalized spacial score (nSPS) is 34.8. The van der Waals surface area contributed by atoms with Crippen molar-refractivity contribution in [3.63, 3.8) is 0 Å². The zero-order valence-corrected chi connectivity index (χ0v) is 4.83. The van der Waals surface area contributed by atoms with Gasteiger partial charge >= 0.3 is 5.97 Å². The highest BCUT2D eigenvalue weighted by molar-refractivity contribution is 5.73. The standard InChI is InChI=1S/C5H8NO3/c7-3-1-4(5(8)9)6-2-3/h3-4,6H,1-2H2,(H,8,9)/t3-,4+/m1/s1. The van der Waals surface area contributed by atoms with Gasteiger partial charge in [0.05, 0.1) is 0 Å². The van der Waals surface area contributed by atoms with Crippen molar-refractivity contribution in [3.8, 4) is 0 Å². The fourth-order valence-corrected chi connectivity index (χ4v) is 0.891. The number of nitrogens with one attached hydrogen (secondary N) is 1. The van der Waals surface area contributed by atoms with Gasteiger partial charge in [-0.25, -0.2) is 5.11 Å². The molecule has 1 radical (unpaired) electrons. The van der Waals surface area contributed by atoms with E-state index in [1.807, 2.05) is 0 Å². The number of carboxylic acid groups (broad SMARTS) is 1. The van der Waals surface area contributed by atoms with E-state index in [4.69, 9.17) is 5.11 Å². The number of hydrogen-bond acceptors (Lipinski definition) is 2. The predicted octanol–water partition coefficient (Wildman–Crippen LogP) is -0.768. The van der Waals surface area contributed by atoms with Crippen LogP contribution in [-0.4, -0.2) is 29.8 Å². The molecule has 4 nitrogen and oxygen atoms in total. The van der Waals surface area contributed by atoms with E-state index >= 15 is 0 Å². The second-order valence-corrected chi connectivity index (χ2v) is 2.16. The molecule has 51 valence electrons. The van der Waals surface area contributed by atoms with E-state index in [-0.39, 0.29) is 13.0 Å². The van der Waals surface area contributed by atoms with Gasteiger partial charge in [-0.2, -0.15) is 0 Å². The van der Waals surface area contributed by atoms with Gasteiger partial charge in [0.25, 0.3) is 0 Å². The van der Waals surface area contributed by atoms with Crippen LogP contribution >= 0.6 is 0 Å². The molecule has 0 aromatic rings. The van der Waals surface area contributed by atoms with Gasteiger partial charge in [0.2, 0.25) is 0 Å². The second kappa shape index (κ2) is 2.33. The molecular formula is C5H8NO3. The van der Waals surface area contributed by atoms with Gasteiger partial charge in [0.15, 0.2) is 0 Å². The van der Waals surface area contributed by atoms with Gasteiger partial charge in [-0.3, -0.25) is 4.79 Å². The summed E-state index contributed by atoms with van der Waals surface area (Å²) >= 11 is 0. The van der Waals surface area contributed by atoms with Gasteiger partial charge in [0, 0.05) is 13.0 Å². The van der Waals surface area contributed by atoms with Crippen molar-refractivity contribution in [1.82, 2.24) is 5.32 Å². The van der Waals surface area contributed by atoms with Crippen LogP contribution in [0, 0.1) is 0 Å². The Morgan fingerprint density at radius 1 is 1.67 bits per heavy atom. The molecule has 1 saturated heterocycles. The van der Waals surface area contributed by atoms with E-state index < -0.39 is 18.1 Å². The molecule has 0 aromatic heterocycles. The van der Waals surface area contributed by atoms with Crippen molar-refractivity contribution < 1.29 is 15.0 Å². The van der Waals surface area contributed by atoms with E-state index in [9.17, 15) is 9.90 Å². The summed E-state index contributed by atoms with van der Waals surface area (Å²) in [5.41, 5.74) is 0.